The van der Waals surface area contributed by atoms with Crippen LogP contribution in [0.25, 0.3) is 31.0 Å². The Hall–Kier alpha value is -2.68. The molecule has 8 heteroatoms. The normalized spacial score (nSPS) is 17.2. The van der Waals surface area contributed by atoms with Crippen LogP contribution in [0.15, 0.2) is 36.4 Å². The number of para-hydroxylation sites is 1. The molecule has 1 N–H and O–H groups in total. The number of nitrogens with one attached hydrogen (secondary N) is 1. The van der Waals surface area contributed by atoms with Gasteiger partial charge in [-0.25, -0.2) is 9.97 Å². The number of nitrogens with zero attached hydrogens (tertiary/aromatic N) is 2. The Morgan fingerprint density at radius 3 is 2.75 bits per heavy atom. The maximum absolute atomic E-state index is 5.54. The second-order valence-electron chi connectivity index (χ2n) is 8.36. The van der Waals surface area contributed by atoms with Crippen molar-refractivity contribution >= 4 is 64.6 Å². The van der Waals surface area contributed by atoms with Gasteiger partial charge in [-0.05, 0) is 42.9 Å². The highest BCUT2D eigenvalue weighted by molar-refractivity contribution is 7.24. The maximum atomic E-state index is 5.54. The van der Waals surface area contributed by atoms with E-state index < -0.39 is 0 Å². The van der Waals surface area contributed by atoms with E-state index in [-0.39, 0.29) is 6.79 Å². The molecule has 0 saturated heterocycles. The predicted octanol–water partition coefficient (Wildman–Crippen LogP) is 7.23. The zero-order valence-corrected chi connectivity index (χ0v) is 19.8. The third kappa shape index (κ3) is 3.01. The van der Waals surface area contributed by atoms with E-state index in [1.165, 1.54) is 27.1 Å². The van der Waals surface area contributed by atoms with Crippen LogP contribution in [0.2, 0.25) is 0 Å². The number of anilines is 2. The number of ether oxygens (including phenoxy) is 2. The summed E-state index contributed by atoms with van der Waals surface area (Å²) in [5.41, 5.74) is 4.73. The average Bonchev–Trinajstić information content (AvgIpc) is 3.54. The summed E-state index contributed by atoms with van der Waals surface area (Å²) >= 11 is 5.29. The van der Waals surface area contributed by atoms with Gasteiger partial charge in [0.15, 0.2) is 16.6 Å². The first-order valence-corrected chi connectivity index (χ1v) is 13.1. The standard InChI is InChI=1S/C24H19N3O2S3/c1-12-6-7-13-19(8-12)31-23(21(13)22-25-14-4-2-3-5-18(14)30-22)27-24-26-15-9-16-17(29-11-28-16)10-20(15)32-24/h2-5,9-10,12H,6-8,11H2,1H3,(H,26,27)/t12-/m0/s1. The molecular formula is C24H19N3O2S3. The van der Waals surface area contributed by atoms with Gasteiger partial charge < -0.3 is 14.8 Å². The molecule has 5 aromatic rings. The molecule has 2 aromatic carbocycles. The van der Waals surface area contributed by atoms with Crippen LogP contribution in [0, 0.1) is 5.92 Å². The number of thiazole rings is 2. The topological polar surface area (TPSA) is 56.3 Å². The molecule has 3 aromatic heterocycles. The molecule has 0 amide bonds. The van der Waals surface area contributed by atoms with Crippen LogP contribution in [-0.4, -0.2) is 16.8 Å². The lowest BCUT2D eigenvalue weighted by atomic mass is 9.88. The quantitative estimate of drug-likeness (QED) is 0.297. The van der Waals surface area contributed by atoms with Crippen molar-refractivity contribution in [2.24, 2.45) is 5.92 Å². The van der Waals surface area contributed by atoms with Gasteiger partial charge in [-0.2, -0.15) is 0 Å². The van der Waals surface area contributed by atoms with E-state index in [1.807, 2.05) is 23.5 Å². The Morgan fingerprint density at radius 1 is 0.969 bits per heavy atom. The van der Waals surface area contributed by atoms with Gasteiger partial charge in [-0.3, -0.25) is 0 Å². The summed E-state index contributed by atoms with van der Waals surface area (Å²) in [5, 5.41) is 6.80. The third-order valence-corrected chi connectivity index (χ3v) is 9.28. The van der Waals surface area contributed by atoms with Crippen LogP contribution in [0.5, 0.6) is 11.5 Å². The van der Waals surface area contributed by atoms with Crippen LogP contribution < -0.4 is 14.8 Å². The lowest BCUT2D eigenvalue weighted by Gasteiger charge is -2.18. The highest BCUT2D eigenvalue weighted by Gasteiger charge is 2.27. The fourth-order valence-electron chi connectivity index (χ4n) is 4.51. The number of hydrogen-bond donors (Lipinski definition) is 1. The minimum atomic E-state index is 0.280. The van der Waals surface area contributed by atoms with Gasteiger partial charge in [0.25, 0.3) is 0 Å². The van der Waals surface area contributed by atoms with Gasteiger partial charge in [0.1, 0.15) is 10.0 Å². The highest BCUT2D eigenvalue weighted by Crippen LogP contribution is 2.48. The van der Waals surface area contributed by atoms with Gasteiger partial charge >= 0.3 is 0 Å². The van der Waals surface area contributed by atoms with E-state index in [1.54, 1.807) is 22.7 Å². The van der Waals surface area contributed by atoms with E-state index in [9.17, 15) is 0 Å². The Balaban J connectivity index is 1.34. The minimum absolute atomic E-state index is 0.280. The number of rotatable bonds is 3. The molecule has 1 aliphatic heterocycles. The summed E-state index contributed by atoms with van der Waals surface area (Å²) in [6, 6.07) is 12.4. The molecule has 5 nitrogen and oxygen atoms in total. The molecule has 7 rings (SSSR count). The second kappa shape index (κ2) is 7.16. The zero-order chi connectivity index (χ0) is 21.2. The summed E-state index contributed by atoms with van der Waals surface area (Å²) in [5.74, 6) is 2.29. The zero-order valence-electron chi connectivity index (χ0n) is 17.3. The molecule has 0 radical (unpaired) electrons. The fourth-order valence-corrected chi connectivity index (χ4v) is 7.98. The molecule has 32 heavy (non-hydrogen) atoms. The molecule has 0 bridgehead atoms. The van der Waals surface area contributed by atoms with Crippen molar-refractivity contribution in [3.8, 4) is 22.1 Å². The lowest BCUT2D eigenvalue weighted by Crippen LogP contribution is -2.09. The molecule has 2 aliphatic rings. The Bertz CT molecular complexity index is 1430. The van der Waals surface area contributed by atoms with E-state index in [0.29, 0.717) is 0 Å². The van der Waals surface area contributed by atoms with Crippen LogP contribution in [0.1, 0.15) is 23.8 Å². The van der Waals surface area contributed by atoms with Gasteiger partial charge in [0.2, 0.25) is 6.79 Å². The number of thiophene rings is 1. The predicted molar refractivity (Wildman–Crippen MR) is 133 cm³/mol. The molecule has 1 aliphatic carbocycles. The third-order valence-electron chi connectivity index (χ3n) is 6.12. The van der Waals surface area contributed by atoms with Crippen LogP contribution in [0.3, 0.4) is 0 Å². The van der Waals surface area contributed by atoms with Gasteiger partial charge in [0, 0.05) is 22.6 Å². The summed E-state index contributed by atoms with van der Waals surface area (Å²) in [7, 11) is 0. The van der Waals surface area contributed by atoms with Crippen LogP contribution in [-0.2, 0) is 12.8 Å². The molecule has 0 spiro atoms. The first kappa shape index (κ1) is 18.8. The van der Waals surface area contributed by atoms with Crippen molar-refractivity contribution in [3.63, 3.8) is 0 Å². The molecule has 0 saturated carbocycles. The van der Waals surface area contributed by atoms with E-state index in [4.69, 9.17) is 19.4 Å². The average molecular weight is 478 g/mol. The molecule has 0 unspecified atom stereocenters. The molecular weight excluding hydrogens is 458 g/mol. The Kier molecular flexibility index (Phi) is 4.22. The molecule has 1 atom stereocenters. The monoisotopic (exact) mass is 477 g/mol. The SMILES string of the molecule is C[C@H]1CCc2c(sc(Nc3nc4cc5c(cc4s3)OCO5)c2-c2nc3ccccc3s2)C1. The van der Waals surface area contributed by atoms with E-state index in [0.717, 1.165) is 61.1 Å². The summed E-state index contributed by atoms with van der Waals surface area (Å²) in [6.45, 7) is 2.63. The summed E-state index contributed by atoms with van der Waals surface area (Å²) in [6.07, 6.45) is 3.48. The van der Waals surface area contributed by atoms with Gasteiger partial charge in [-0.15, -0.1) is 22.7 Å². The number of aromatic nitrogens is 2. The van der Waals surface area contributed by atoms with Gasteiger partial charge in [-0.1, -0.05) is 30.4 Å². The van der Waals surface area contributed by atoms with E-state index in [2.05, 4.69) is 36.5 Å². The first-order chi connectivity index (χ1) is 15.7. The molecule has 4 heterocycles. The van der Waals surface area contributed by atoms with Crippen molar-refractivity contribution in [1.29, 1.82) is 0 Å². The van der Waals surface area contributed by atoms with Crippen molar-refractivity contribution in [2.45, 2.75) is 26.2 Å². The summed E-state index contributed by atoms with van der Waals surface area (Å²) in [4.78, 5) is 11.3. The Morgan fingerprint density at radius 2 is 1.84 bits per heavy atom. The second-order valence-corrected chi connectivity index (χ2v) is 11.5. The minimum Gasteiger partial charge on any atom is -0.454 e. The smallest absolute Gasteiger partial charge is 0.231 e. The largest absolute Gasteiger partial charge is 0.454 e. The number of benzene rings is 2. The highest BCUT2D eigenvalue weighted by atomic mass is 32.1. The molecule has 160 valence electrons. The van der Waals surface area contributed by atoms with Crippen molar-refractivity contribution in [1.82, 2.24) is 9.97 Å². The lowest BCUT2D eigenvalue weighted by molar-refractivity contribution is 0.174. The van der Waals surface area contributed by atoms with Crippen molar-refractivity contribution in [2.75, 3.05) is 12.1 Å². The summed E-state index contributed by atoms with van der Waals surface area (Å²) < 4.78 is 13.4. The van der Waals surface area contributed by atoms with Crippen LogP contribution in [0.4, 0.5) is 10.1 Å². The number of fused-ring (bicyclic) bond motifs is 4. The number of hydrogen-bond acceptors (Lipinski definition) is 8. The van der Waals surface area contributed by atoms with Crippen LogP contribution >= 0.6 is 34.0 Å². The van der Waals surface area contributed by atoms with Gasteiger partial charge in [0.05, 0.1) is 20.4 Å². The maximum Gasteiger partial charge on any atom is 0.231 e. The fraction of sp³-hybridized carbons (Fsp3) is 0.250. The van der Waals surface area contributed by atoms with Crippen molar-refractivity contribution in [3.05, 3.63) is 46.8 Å². The Labute approximate surface area is 196 Å². The van der Waals surface area contributed by atoms with E-state index >= 15 is 0 Å². The first-order valence-electron chi connectivity index (χ1n) is 10.7. The molecule has 0 fully saturated rings. The van der Waals surface area contributed by atoms with Crippen molar-refractivity contribution < 1.29 is 9.47 Å².